The third-order valence-corrected chi connectivity index (χ3v) is 8.59. The van der Waals surface area contributed by atoms with Crippen molar-refractivity contribution in [1.29, 1.82) is 0 Å². The number of thiazole rings is 1. The van der Waals surface area contributed by atoms with Gasteiger partial charge in [0.05, 0.1) is 5.69 Å². The fraction of sp³-hybridized carbons (Fsp3) is 0.483. The van der Waals surface area contributed by atoms with E-state index in [9.17, 15) is 0 Å². The molecule has 0 N–H and O–H groups in total. The average molecular weight is 501 g/mol. The van der Waals surface area contributed by atoms with E-state index in [2.05, 4.69) is 71.2 Å². The number of hydrogen-bond donors (Lipinski definition) is 0. The van der Waals surface area contributed by atoms with E-state index in [1.165, 1.54) is 40.8 Å². The predicted molar refractivity (Wildman–Crippen MR) is 148 cm³/mol. The van der Waals surface area contributed by atoms with Gasteiger partial charge in [-0.1, -0.05) is 51.1 Å². The van der Waals surface area contributed by atoms with Crippen LogP contribution in [0.3, 0.4) is 0 Å². The molecule has 2 aliphatic heterocycles. The van der Waals surface area contributed by atoms with Crippen LogP contribution in [-0.4, -0.2) is 57.5 Å². The first-order valence-corrected chi connectivity index (χ1v) is 14.2. The number of hydrogen-bond acceptors (Lipinski definition) is 6. The minimum Gasteiger partial charge on any atom is -0.299 e. The normalized spacial score (nSPS) is 17.0. The Morgan fingerprint density at radius 1 is 0.944 bits per heavy atom. The Kier molecular flexibility index (Phi) is 6.30. The van der Waals surface area contributed by atoms with Crippen molar-refractivity contribution >= 4 is 11.3 Å². The van der Waals surface area contributed by atoms with Gasteiger partial charge in [0.15, 0.2) is 0 Å². The Labute approximate surface area is 218 Å². The molecule has 36 heavy (non-hydrogen) atoms. The van der Waals surface area contributed by atoms with Crippen LogP contribution >= 0.6 is 11.3 Å². The van der Waals surface area contributed by atoms with Crippen molar-refractivity contribution in [3.05, 3.63) is 64.4 Å². The lowest BCUT2D eigenvalue weighted by Crippen LogP contribution is -2.52. The molecule has 6 nitrogen and oxygen atoms in total. The maximum absolute atomic E-state index is 5.11. The van der Waals surface area contributed by atoms with Gasteiger partial charge >= 0.3 is 0 Å². The molecule has 1 fully saturated rings. The van der Waals surface area contributed by atoms with Crippen molar-refractivity contribution in [3.8, 4) is 22.0 Å². The zero-order valence-electron chi connectivity index (χ0n) is 21.7. The topological polar surface area (TPSA) is 50.1 Å². The van der Waals surface area contributed by atoms with E-state index in [1.54, 1.807) is 17.7 Å². The number of piperazine rings is 1. The maximum Gasteiger partial charge on any atom is 0.138 e. The summed E-state index contributed by atoms with van der Waals surface area (Å²) in [6, 6.07) is 10.8. The second-order valence-corrected chi connectivity index (χ2v) is 12.1. The van der Waals surface area contributed by atoms with Gasteiger partial charge in [0.2, 0.25) is 0 Å². The Bertz CT molecular complexity index is 1290. The molecule has 1 saturated heterocycles. The zero-order chi connectivity index (χ0) is 24.7. The van der Waals surface area contributed by atoms with Gasteiger partial charge in [0.25, 0.3) is 0 Å². The lowest BCUT2D eigenvalue weighted by molar-refractivity contribution is 0.237. The summed E-state index contributed by atoms with van der Waals surface area (Å²) in [5.41, 5.74) is 9.09. The minimum absolute atomic E-state index is 0.0479. The molecule has 4 aliphatic rings. The molecule has 2 aliphatic carbocycles. The number of fused-ring (bicyclic) bond motifs is 3. The van der Waals surface area contributed by atoms with Crippen LogP contribution in [0, 0.1) is 0 Å². The lowest BCUT2D eigenvalue weighted by atomic mass is 9.93. The second-order valence-electron chi connectivity index (χ2n) is 11.2. The standard InChI is InChI=1S/C29H36N6S/c1-29(2,3)24-19-36-28(32-24)25-22-11-7-8-12-23(22)27-26(25)30-20-31-35(27)34-17-15-33(16-18-34)14-13-21-9-5-4-6-10-21/h4-6,9-10,19-20H,7-8,11-18H2,1-3H3. The van der Waals surface area contributed by atoms with Gasteiger partial charge in [-0.05, 0) is 48.8 Å². The van der Waals surface area contributed by atoms with Crippen molar-refractivity contribution in [2.24, 2.45) is 0 Å². The molecule has 0 radical (unpaired) electrons. The van der Waals surface area contributed by atoms with Crippen LogP contribution < -0.4 is 5.01 Å². The summed E-state index contributed by atoms with van der Waals surface area (Å²) in [7, 11) is 0. The summed E-state index contributed by atoms with van der Waals surface area (Å²) in [5, 5.41) is 10.6. The molecule has 2 aromatic rings. The van der Waals surface area contributed by atoms with E-state index in [1.807, 2.05) is 0 Å². The highest BCUT2D eigenvalue weighted by Crippen LogP contribution is 2.46. The van der Waals surface area contributed by atoms with Crippen LogP contribution in [0.1, 0.15) is 56.0 Å². The van der Waals surface area contributed by atoms with Gasteiger partial charge in [-0.3, -0.25) is 9.91 Å². The summed E-state index contributed by atoms with van der Waals surface area (Å²) in [6.45, 7) is 11.9. The van der Waals surface area contributed by atoms with E-state index in [0.717, 1.165) is 68.4 Å². The van der Waals surface area contributed by atoms with Crippen LogP contribution in [0.15, 0.2) is 42.0 Å². The lowest BCUT2D eigenvalue weighted by Gasteiger charge is -2.37. The molecule has 7 heteroatoms. The van der Waals surface area contributed by atoms with Gasteiger partial charge in [-0.15, -0.1) is 16.4 Å². The highest BCUT2D eigenvalue weighted by Gasteiger charge is 2.33. The van der Waals surface area contributed by atoms with E-state index < -0.39 is 0 Å². The molecule has 1 aromatic carbocycles. The summed E-state index contributed by atoms with van der Waals surface area (Å²) in [6.07, 6.45) is 7.54. The first-order valence-electron chi connectivity index (χ1n) is 13.3. The third kappa shape index (κ3) is 4.43. The van der Waals surface area contributed by atoms with E-state index in [4.69, 9.17) is 15.1 Å². The molecule has 0 saturated carbocycles. The SMILES string of the molecule is CC(C)(C)c1csc(-c2c3ncnn(N4CCN(CCc5ccccc5)CC4)c-3c3c2CCCC3)n1. The van der Waals surface area contributed by atoms with Crippen molar-refractivity contribution in [2.45, 2.75) is 58.3 Å². The van der Waals surface area contributed by atoms with Gasteiger partial charge in [-0.2, -0.15) is 4.79 Å². The van der Waals surface area contributed by atoms with Gasteiger partial charge < -0.3 is 0 Å². The number of aromatic nitrogens is 4. The molecule has 188 valence electrons. The highest BCUT2D eigenvalue weighted by molar-refractivity contribution is 7.13. The summed E-state index contributed by atoms with van der Waals surface area (Å²) < 4.78 is 0. The van der Waals surface area contributed by atoms with Crippen molar-refractivity contribution in [2.75, 3.05) is 37.7 Å². The fourth-order valence-electron chi connectivity index (χ4n) is 5.64. The second kappa shape index (κ2) is 9.60. The van der Waals surface area contributed by atoms with E-state index in [0.29, 0.717) is 0 Å². The van der Waals surface area contributed by atoms with Crippen molar-refractivity contribution < 1.29 is 0 Å². The van der Waals surface area contributed by atoms with E-state index in [-0.39, 0.29) is 5.41 Å². The molecule has 1 aromatic heterocycles. The zero-order valence-corrected chi connectivity index (χ0v) is 22.5. The summed E-state index contributed by atoms with van der Waals surface area (Å²) in [5.74, 6) is 0. The predicted octanol–water partition coefficient (Wildman–Crippen LogP) is 5.18. The Hall–Kier alpha value is -2.77. The molecule has 3 heterocycles. The molecule has 0 bridgehead atoms. The summed E-state index contributed by atoms with van der Waals surface area (Å²) >= 11 is 1.77. The van der Waals surface area contributed by atoms with Gasteiger partial charge in [0, 0.05) is 49.1 Å². The van der Waals surface area contributed by atoms with Gasteiger partial charge in [0.1, 0.15) is 22.7 Å². The largest absolute Gasteiger partial charge is 0.299 e. The summed E-state index contributed by atoms with van der Waals surface area (Å²) in [4.78, 5) is 14.7. The highest BCUT2D eigenvalue weighted by atomic mass is 32.1. The Morgan fingerprint density at radius 3 is 2.42 bits per heavy atom. The smallest absolute Gasteiger partial charge is 0.138 e. The molecule has 0 unspecified atom stereocenters. The first-order chi connectivity index (χ1) is 17.5. The number of benzene rings is 1. The van der Waals surface area contributed by atoms with Crippen LogP contribution in [0.4, 0.5) is 0 Å². The first kappa shape index (κ1) is 23.6. The molecule has 6 rings (SSSR count). The fourth-order valence-corrected chi connectivity index (χ4v) is 6.76. The Balaban J connectivity index is 1.27. The monoisotopic (exact) mass is 500 g/mol. The van der Waals surface area contributed by atoms with Crippen LogP contribution in [0.2, 0.25) is 0 Å². The minimum atomic E-state index is 0.0479. The third-order valence-electron chi connectivity index (χ3n) is 7.73. The molecule has 0 amide bonds. The van der Waals surface area contributed by atoms with Gasteiger partial charge in [-0.25, -0.2) is 9.97 Å². The quantitative estimate of drug-likeness (QED) is 0.378. The Morgan fingerprint density at radius 2 is 1.69 bits per heavy atom. The molecule has 0 spiro atoms. The number of rotatable bonds is 5. The van der Waals surface area contributed by atoms with Crippen LogP contribution in [0.25, 0.3) is 22.0 Å². The van der Waals surface area contributed by atoms with Crippen LogP contribution in [-0.2, 0) is 24.7 Å². The average Bonchev–Trinajstić information content (AvgIpc) is 3.51. The molecular formula is C29H36N6S. The molecular weight excluding hydrogens is 464 g/mol. The van der Waals surface area contributed by atoms with Crippen LogP contribution in [0.5, 0.6) is 0 Å². The van der Waals surface area contributed by atoms with Crippen molar-refractivity contribution in [1.82, 2.24) is 24.8 Å². The maximum atomic E-state index is 5.11. The molecule has 0 atom stereocenters. The van der Waals surface area contributed by atoms with E-state index >= 15 is 0 Å². The number of nitrogens with zero attached hydrogens (tertiary/aromatic N) is 6. The van der Waals surface area contributed by atoms with Crippen molar-refractivity contribution in [3.63, 3.8) is 0 Å².